The summed E-state index contributed by atoms with van der Waals surface area (Å²) in [5.74, 6) is -0.353. The minimum atomic E-state index is -0.353. The van der Waals surface area contributed by atoms with Crippen LogP contribution in [0.2, 0.25) is 0 Å². The quantitative estimate of drug-likeness (QED) is 0.633. The molecule has 1 saturated heterocycles. The van der Waals surface area contributed by atoms with Crippen molar-refractivity contribution in [1.29, 1.82) is 5.26 Å². The largest absolute Gasteiger partial charge is 0.372 e. The Morgan fingerprint density at radius 1 is 1.07 bits per heavy atom. The van der Waals surface area contributed by atoms with Crippen LogP contribution in [-0.2, 0) is 4.79 Å². The van der Waals surface area contributed by atoms with Gasteiger partial charge in [0.1, 0.15) is 11.6 Å². The molecule has 4 nitrogen and oxygen atoms in total. The van der Waals surface area contributed by atoms with Gasteiger partial charge in [-0.3, -0.25) is 4.79 Å². The van der Waals surface area contributed by atoms with Crippen LogP contribution in [-0.4, -0.2) is 19.0 Å². The Labute approximate surface area is 161 Å². The fraction of sp³-hybridized carbons (Fsp3) is 0.304. The van der Waals surface area contributed by atoms with Gasteiger partial charge < -0.3 is 10.2 Å². The lowest BCUT2D eigenvalue weighted by atomic mass is 10.1. The molecule has 0 unspecified atom stereocenters. The van der Waals surface area contributed by atoms with E-state index in [9.17, 15) is 10.1 Å². The van der Waals surface area contributed by atoms with Crippen molar-refractivity contribution in [3.05, 3.63) is 71.3 Å². The van der Waals surface area contributed by atoms with Crippen LogP contribution in [0, 0.1) is 11.3 Å². The number of nitriles is 1. The van der Waals surface area contributed by atoms with Gasteiger partial charge in [-0.25, -0.2) is 0 Å². The first-order valence-corrected chi connectivity index (χ1v) is 9.50. The van der Waals surface area contributed by atoms with Crippen LogP contribution < -0.4 is 10.2 Å². The number of hydrogen-bond acceptors (Lipinski definition) is 3. The maximum Gasteiger partial charge on any atom is 0.262 e. The van der Waals surface area contributed by atoms with Gasteiger partial charge in [-0.2, -0.15) is 5.26 Å². The number of piperidine rings is 1. The minimum Gasteiger partial charge on any atom is -0.372 e. The second-order valence-electron chi connectivity index (χ2n) is 6.91. The monoisotopic (exact) mass is 359 g/mol. The third kappa shape index (κ3) is 4.98. The average molecular weight is 359 g/mol. The molecule has 0 saturated carbocycles. The lowest BCUT2D eigenvalue weighted by molar-refractivity contribution is -0.117. The topological polar surface area (TPSA) is 56.1 Å². The fourth-order valence-corrected chi connectivity index (χ4v) is 3.35. The Hall–Kier alpha value is -3.06. The van der Waals surface area contributed by atoms with Gasteiger partial charge in [0, 0.05) is 18.8 Å². The molecule has 27 heavy (non-hydrogen) atoms. The zero-order valence-electron chi connectivity index (χ0n) is 15.7. The molecule has 1 amide bonds. The van der Waals surface area contributed by atoms with E-state index >= 15 is 0 Å². The molecule has 2 aromatic carbocycles. The van der Waals surface area contributed by atoms with Crippen molar-refractivity contribution in [3.63, 3.8) is 0 Å². The first-order chi connectivity index (χ1) is 13.2. The summed E-state index contributed by atoms with van der Waals surface area (Å²) >= 11 is 0. The molecule has 1 fully saturated rings. The highest BCUT2D eigenvalue weighted by atomic mass is 16.1. The zero-order chi connectivity index (χ0) is 19.1. The number of benzene rings is 2. The van der Waals surface area contributed by atoms with E-state index in [-0.39, 0.29) is 17.5 Å². The second kappa shape index (κ2) is 9.05. The molecule has 0 bridgehead atoms. The Balaban J connectivity index is 1.68. The van der Waals surface area contributed by atoms with Crippen molar-refractivity contribution < 1.29 is 4.79 Å². The number of anilines is 1. The molecule has 1 aliphatic rings. The first kappa shape index (κ1) is 18.7. The van der Waals surface area contributed by atoms with Gasteiger partial charge in [0.05, 0.1) is 6.04 Å². The summed E-state index contributed by atoms with van der Waals surface area (Å²) in [6.07, 6.45) is 5.42. The minimum absolute atomic E-state index is 0.114. The Bertz CT molecular complexity index is 828. The van der Waals surface area contributed by atoms with Crippen LogP contribution in [0.1, 0.15) is 43.4 Å². The summed E-state index contributed by atoms with van der Waals surface area (Å²) in [6.45, 7) is 4.10. The van der Waals surface area contributed by atoms with E-state index in [2.05, 4.69) is 22.3 Å². The second-order valence-corrected chi connectivity index (χ2v) is 6.91. The van der Waals surface area contributed by atoms with Crippen molar-refractivity contribution in [1.82, 2.24) is 5.32 Å². The van der Waals surface area contributed by atoms with Crippen molar-refractivity contribution in [2.45, 2.75) is 32.2 Å². The number of carbonyl (C=O) groups is 1. The molecule has 4 heteroatoms. The Kier molecular flexibility index (Phi) is 6.27. The van der Waals surface area contributed by atoms with Gasteiger partial charge in [-0.15, -0.1) is 0 Å². The molecular formula is C23H25N3O. The average Bonchev–Trinajstić information content (AvgIpc) is 2.73. The zero-order valence-corrected chi connectivity index (χ0v) is 15.7. The molecule has 3 rings (SSSR count). The van der Waals surface area contributed by atoms with Crippen molar-refractivity contribution >= 4 is 17.7 Å². The Morgan fingerprint density at radius 3 is 2.37 bits per heavy atom. The van der Waals surface area contributed by atoms with Gasteiger partial charge in [0.15, 0.2) is 0 Å². The SMILES string of the molecule is C[C@@H](NC(=O)/C(C#N)=C\c1ccc(N2CCCCC2)cc1)c1ccccc1. The Morgan fingerprint density at radius 2 is 1.74 bits per heavy atom. The summed E-state index contributed by atoms with van der Waals surface area (Å²) in [7, 11) is 0. The third-order valence-electron chi connectivity index (χ3n) is 4.94. The standard InChI is InChI=1S/C23H25N3O/c1-18(20-8-4-2-5-9-20)25-23(27)21(17-24)16-19-10-12-22(13-11-19)26-14-6-3-7-15-26/h2,4-5,8-13,16,18H,3,6-7,14-15H2,1H3,(H,25,27)/b21-16-/t18-/m1/s1. The summed E-state index contributed by atoms with van der Waals surface area (Å²) in [4.78, 5) is 14.9. The van der Waals surface area contributed by atoms with Crippen LogP contribution in [0.3, 0.4) is 0 Å². The normalized spacial score (nSPS) is 15.7. The molecule has 0 aromatic heterocycles. The van der Waals surface area contributed by atoms with Gasteiger partial charge in [-0.1, -0.05) is 42.5 Å². The van der Waals surface area contributed by atoms with E-state index in [1.54, 1.807) is 6.08 Å². The van der Waals surface area contributed by atoms with Crippen molar-refractivity contribution in [3.8, 4) is 6.07 Å². The van der Waals surface area contributed by atoms with Gasteiger partial charge in [0.2, 0.25) is 0 Å². The lowest BCUT2D eigenvalue weighted by Gasteiger charge is -2.28. The molecule has 1 N–H and O–H groups in total. The highest BCUT2D eigenvalue weighted by Crippen LogP contribution is 2.21. The van der Waals surface area contributed by atoms with Gasteiger partial charge in [-0.05, 0) is 55.5 Å². The summed E-state index contributed by atoms with van der Waals surface area (Å²) in [5.41, 5.74) is 3.18. The van der Waals surface area contributed by atoms with E-state index in [1.165, 1.54) is 24.9 Å². The number of rotatable bonds is 5. The number of hydrogen-bond donors (Lipinski definition) is 1. The van der Waals surface area contributed by atoms with Gasteiger partial charge in [0.25, 0.3) is 5.91 Å². The third-order valence-corrected chi connectivity index (χ3v) is 4.94. The maximum atomic E-state index is 12.5. The smallest absolute Gasteiger partial charge is 0.262 e. The van der Waals surface area contributed by atoms with E-state index in [4.69, 9.17) is 0 Å². The molecule has 0 radical (unpaired) electrons. The van der Waals surface area contributed by atoms with E-state index in [1.807, 2.05) is 55.5 Å². The molecule has 0 aliphatic carbocycles. The van der Waals surface area contributed by atoms with E-state index in [0.717, 1.165) is 24.2 Å². The molecule has 138 valence electrons. The van der Waals surface area contributed by atoms with E-state index in [0.29, 0.717) is 0 Å². The highest BCUT2D eigenvalue weighted by Gasteiger charge is 2.14. The van der Waals surface area contributed by atoms with E-state index < -0.39 is 0 Å². The number of amides is 1. The molecule has 2 aromatic rings. The van der Waals surface area contributed by atoms with Crippen LogP contribution in [0.4, 0.5) is 5.69 Å². The van der Waals surface area contributed by atoms with Gasteiger partial charge >= 0.3 is 0 Å². The van der Waals surface area contributed by atoms with Crippen LogP contribution in [0.25, 0.3) is 6.08 Å². The fourth-order valence-electron chi connectivity index (χ4n) is 3.35. The molecule has 1 heterocycles. The van der Waals surface area contributed by atoms with Crippen LogP contribution >= 0.6 is 0 Å². The number of carbonyl (C=O) groups excluding carboxylic acids is 1. The van der Waals surface area contributed by atoms with Crippen LogP contribution in [0.15, 0.2) is 60.2 Å². The predicted molar refractivity (Wildman–Crippen MR) is 109 cm³/mol. The molecule has 0 spiro atoms. The predicted octanol–water partition coefficient (Wildman–Crippen LogP) is 4.46. The molecule has 1 aliphatic heterocycles. The lowest BCUT2D eigenvalue weighted by Crippen LogP contribution is -2.29. The van der Waals surface area contributed by atoms with Crippen molar-refractivity contribution in [2.75, 3.05) is 18.0 Å². The molecular weight excluding hydrogens is 334 g/mol. The summed E-state index contributed by atoms with van der Waals surface area (Å²) in [6, 6.07) is 19.7. The highest BCUT2D eigenvalue weighted by molar-refractivity contribution is 6.01. The maximum absolute atomic E-state index is 12.5. The van der Waals surface area contributed by atoms with Crippen molar-refractivity contribution in [2.24, 2.45) is 0 Å². The van der Waals surface area contributed by atoms with Crippen LogP contribution in [0.5, 0.6) is 0 Å². The molecule has 1 atom stereocenters. The first-order valence-electron chi connectivity index (χ1n) is 9.50. The number of nitrogens with one attached hydrogen (secondary N) is 1. The summed E-state index contributed by atoms with van der Waals surface area (Å²) in [5, 5.41) is 12.3. The number of nitrogens with zero attached hydrogens (tertiary/aromatic N) is 2. The summed E-state index contributed by atoms with van der Waals surface area (Å²) < 4.78 is 0.